The molecule has 0 fully saturated rings. The number of ether oxygens (including phenoxy) is 1. The quantitative estimate of drug-likeness (QED) is 0.0821. The summed E-state index contributed by atoms with van der Waals surface area (Å²) in [5.74, 6) is -0.512. The van der Waals surface area contributed by atoms with Gasteiger partial charge in [0.05, 0.1) is 36.4 Å². The number of carboxylic acid groups (broad SMARTS) is 1. The van der Waals surface area contributed by atoms with E-state index in [-0.39, 0.29) is 42.4 Å². The van der Waals surface area contributed by atoms with E-state index in [2.05, 4.69) is 45.2 Å². The minimum atomic E-state index is -1.35. The Bertz CT molecular complexity index is 1890. The molecule has 1 heterocycles. The van der Waals surface area contributed by atoms with Crippen LogP contribution in [-0.2, 0) is 6.61 Å². The van der Waals surface area contributed by atoms with Gasteiger partial charge in [-0.05, 0) is 108 Å². The highest BCUT2D eigenvalue weighted by Gasteiger charge is 2.32. The van der Waals surface area contributed by atoms with Crippen LogP contribution in [-0.4, -0.2) is 11.1 Å². The second kappa shape index (κ2) is 12.4. The lowest BCUT2D eigenvalue weighted by Gasteiger charge is -2.22. The SMILES string of the molecule is O=C(O)c1c(Cl)c(Cl)c(Cl)c(Cl)c1-c1c2cc(I)c(=O)c(I)c-2oc2c(I)c(OCc3ccccc3)c(I)cc12. The molecule has 0 unspecified atom stereocenters. The first kappa shape index (κ1) is 31.1. The molecule has 40 heavy (non-hydrogen) atoms. The third-order valence-corrected chi connectivity index (χ3v) is 11.3. The van der Waals surface area contributed by atoms with Crippen LogP contribution in [0.15, 0.2) is 51.7 Å². The third-order valence-electron chi connectivity index (χ3n) is 5.96. The molecule has 13 heteroatoms. The molecule has 0 saturated heterocycles. The molecule has 0 atom stereocenters. The van der Waals surface area contributed by atoms with E-state index in [1.54, 1.807) is 6.07 Å². The largest absolute Gasteiger partial charge is 0.487 e. The molecule has 2 aliphatic rings. The summed E-state index contributed by atoms with van der Waals surface area (Å²) in [6.45, 7) is 0.316. The van der Waals surface area contributed by atoms with Crippen molar-refractivity contribution in [3.05, 3.63) is 98.2 Å². The van der Waals surface area contributed by atoms with Gasteiger partial charge in [0.2, 0.25) is 5.43 Å². The van der Waals surface area contributed by atoms with Crippen LogP contribution in [0.25, 0.3) is 33.4 Å². The van der Waals surface area contributed by atoms with Crippen molar-refractivity contribution in [2.45, 2.75) is 6.61 Å². The standard InChI is InChI=1S/C27H10Cl4I4O5/c28-17-15(16(27(37)38)18(29)20(31)19(17)30)14-10-6-12(32)23(36)21(34)24(10)40-25-11(14)7-13(33)26(22(25)35)39-8-9-4-2-1-3-5-9/h1-7H,8H2,(H,37,38). The Morgan fingerprint density at radius 1 is 0.850 bits per heavy atom. The van der Waals surface area contributed by atoms with Crippen molar-refractivity contribution in [1.29, 1.82) is 0 Å². The number of carboxylic acids is 1. The fraction of sp³-hybridized carbons (Fsp3) is 0.0370. The maximum absolute atomic E-state index is 12.9. The maximum Gasteiger partial charge on any atom is 0.337 e. The van der Waals surface area contributed by atoms with Crippen LogP contribution < -0.4 is 10.2 Å². The number of aromatic carboxylic acids is 1. The Morgan fingerprint density at radius 2 is 1.50 bits per heavy atom. The zero-order chi connectivity index (χ0) is 29.0. The molecule has 5 nitrogen and oxygen atoms in total. The van der Waals surface area contributed by atoms with Gasteiger partial charge in [0.1, 0.15) is 15.9 Å². The van der Waals surface area contributed by atoms with Gasteiger partial charge >= 0.3 is 5.97 Å². The first-order valence-corrected chi connectivity index (χ1v) is 16.8. The van der Waals surface area contributed by atoms with Crippen molar-refractivity contribution < 1.29 is 19.1 Å². The van der Waals surface area contributed by atoms with E-state index in [1.807, 2.05) is 81.6 Å². The second-order valence-electron chi connectivity index (χ2n) is 8.32. The number of benzene rings is 4. The van der Waals surface area contributed by atoms with E-state index in [4.69, 9.17) is 55.6 Å². The van der Waals surface area contributed by atoms with Crippen LogP contribution in [0.3, 0.4) is 0 Å². The number of fused-ring (bicyclic) bond motifs is 2. The fourth-order valence-corrected chi connectivity index (χ4v) is 9.10. The fourth-order valence-electron chi connectivity index (χ4n) is 4.18. The summed E-state index contributed by atoms with van der Waals surface area (Å²) >= 11 is 34.0. The molecule has 0 saturated carbocycles. The van der Waals surface area contributed by atoms with Gasteiger partial charge in [-0.3, -0.25) is 4.79 Å². The lowest BCUT2D eigenvalue weighted by Crippen LogP contribution is -2.13. The van der Waals surface area contributed by atoms with E-state index in [9.17, 15) is 14.7 Å². The first-order chi connectivity index (χ1) is 18.9. The van der Waals surface area contributed by atoms with Gasteiger partial charge in [-0.2, -0.15) is 0 Å². The van der Waals surface area contributed by atoms with Gasteiger partial charge in [-0.25, -0.2) is 4.79 Å². The predicted octanol–water partition coefficient (Wildman–Crippen LogP) is 10.9. The molecule has 204 valence electrons. The van der Waals surface area contributed by atoms with Crippen LogP contribution in [0.4, 0.5) is 0 Å². The Balaban J connectivity index is 1.94. The molecule has 0 amide bonds. The molecule has 5 rings (SSSR count). The Labute approximate surface area is 301 Å². The van der Waals surface area contributed by atoms with Crippen molar-refractivity contribution in [1.82, 2.24) is 0 Å². The molecule has 3 aromatic carbocycles. The van der Waals surface area contributed by atoms with Gasteiger partial charge in [0.15, 0.2) is 11.3 Å². The zero-order valence-electron chi connectivity index (χ0n) is 19.4. The molecule has 0 spiro atoms. The summed E-state index contributed by atoms with van der Waals surface area (Å²) in [5, 5.41) is 10.2. The van der Waals surface area contributed by atoms with E-state index >= 15 is 0 Å². The molecule has 0 radical (unpaired) electrons. The average molecular weight is 1060 g/mol. The number of hydrogen-bond donors (Lipinski definition) is 1. The van der Waals surface area contributed by atoms with E-state index < -0.39 is 5.97 Å². The van der Waals surface area contributed by atoms with Crippen molar-refractivity contribution in [3.63, 3.8) is 0 Å². The van der Waals surface area contributed by atoms with Crippen LogP contribution in [0.5, 0.6) is 5.75 Å². The summed E-state index contributed by atoms with van der Waals surface area (Å²) in [6.07, 6.45) is 0. The summed E-state index contributed by atoms with van der Waals surface area (Å²) in [4.78, 5) is 25.5. The molecule has 1 N–H and O–H groups in total. The van der Waals surface area contributed by atoms with Crippen LogP contribution in [0, 0.1) is 14.3 Å². The lowest BCUT2D eigenvalue weighted by atomic mass is 9.90. The Hall–Kier alpha value is -0.300. The molecule has 0 aromatic heterocycles. The molecular weight excluding hydrogens is 1050 g/mol. The van der Waals surface area contributed by atoms with Crippen LogP contribution >= 0.6 is 137 Å². The summed E-state index contributed by atoms with van der Waals surface area (Å²) in [6, 6.07) is 13.2. The van der Waals surface area contributed by atoms with Gasteiger partial charge < -0.3 is 14.3 Å². The minimum Gasteiger partial charge on any atom is -0.487 e. The minimum absolute atomic E-state index is 0.0640. The molecular formula is C27H10Cl4I4O5. The molecule has 1 aliphatic heterocycles. The third kappa shape index (κ3) is 5.43. The topological polar surface area (TPSA) is 76.7 Å². The second-order valence-corrected chi connectivity index (χ2v) is 14.3. The van der Waals surface area contributed by atoms with Gasteiger partial charge in [-0.1, -0.05) is 76.7 Å². The maximum atomic E-state index is 12.9. The Morgan fingerprint density at radius 3 is 2.15 bits per heavy atom. The van der Waals surface area contributed by atoms with Crippen molar-refractivity contribution in [3.8, 4) is 28.2 Å². The highest BCUT2D eigenvalue weighted by atomic mass is 127. The van der Waals surface area contributed by atoms with Gasteiger partial charge in [0.25, 0.3) is 0 Å². The van der Waals surface area contributed by atoms with Crippen molar-refractivity contribution in [2.75, 3.05) is 0 Å². The highest BCUT2D eigenvalue weighted by molar-refractivity contribution is 14.1. The number of hydrogen-bond acceptors (Lipinski definition) is 4. The van der Waals surface area contributed by atoms with Gasteiger partial charge in [-0.15, -0.1) is 0 Å². The van der Waals surface area contributed by atoms with Crippen LogP contribution in [0.1, 0.15) is 15.9 Å². The average Bonchev–Trinajstić information content (AvgIpc) is 2.92. The monoisotopic (exact) mass is 1060 g/mol. The molecule has 3 aromatic rings. The summed E-state index contributed by atoms with van der Waals surface area (Å²) in [5.41, 5.74) is 1.73. The van der Waals surface area contributed by atoms with E-state index in [1.165, 1.54) is 0 Å². The lowest BCUT2D eigenvalue weighted by molar-refractivity contribution is 0.0698. The van der Waals surface area contributed by atoms with E-state index in [0.29, 0.717) is 45.2 Å². The molecule has 0 bridgehead atoms. The highest BCUT2D eigenvalue weighted by Crippen LogP contribution is 2.52. The smallest absolute Gasteiger partial charge is 0.337 e. The summed E-state index contributed by atoms with van der Waals surface area (Å²) < 4.78 is 14.7. The van der Waals surface area contributed by atoms with Crippen molar-refractivity contribution >= 4 is 154 Å². The van der Waals surface area contributed by atoms with E-state index in [0.717, 1.165) is 9.13 Å². The Kier molecular flexibility index (Phi) is 9.62. The first-order valence-electron chi connectivity index (χ1n) is 11.0. The predicted molar refractivity (Wildman–Crippen MR) is 193 cm³/mol. The van der Waals surface area contributed by atoms with Crippen molar-refractivity contribution in [2.24, 2.45) is 0 Å². The summed E-state index contributed by atoms with van der Waals surface area (Å²) in [7, 11) is 0. The normalized spacial score (nSPS) is 11.4. The van der Waals surface area contributed by atoms with Crippen LogP contribution in [0.2, 0.25) is 20.1 Å². The zero-order valence-corrected chi connectivity index (χ0v) is 31.0. The number of carbonyl (C=O) groups is 1. The van der Waals surface area contributed by atoms with Gasteiger partial charge in [0, 0.05) is 22.1 Å². The molecule has 1 aliphatic carbocycles. The number of rotatable bonds is 5. The number of halogens is 8.